The van der Waals surface area contributed by atoms with Crippen molar-refractivity contribution in [2.24, 2.45) is 5.73 Å². The molecule has 0 radical (unpaired) electrons. The summed E-state index contributed by atoms with van der Waals surface area (Å²) < 4.78 is 5.95. The molecule has 0 aliphatic heterocycles. The summed E-state index contributed by atoms with van der Waals surface area (Å²) in [5.74, 6) is 1.73. The fourth-order valence-electron chi connectivity index (χ4n) is 2.12. The van der Waals surface area contributed by atoms with Crippen LogP contribution in [0.3, 0.4) is 0 Å². The van der Waals surface area contributed by atoms with Crippen LogP contribution in [0.25, 0.3) is 0 Å². The molecule has 0 fully saturated rings. The first-order valence-corrected chi connectivity index (χ1v) is 6.98. The van der Waals surface area contributed by atoms with Gasteiger partial charge in [0.05, 0.1) is 0 Å². The highest BCUT2D eigenvalue weighted by Gasteiger charge is 2.14. The third-order valence-electron chi connectivity index (χ3n) is 3.47. The molecule has 0 saturated carbocycles. The lowest BCUT2D eigenvalue weighted by molar-refractivity contribution is 0.478. The van der Waals surface area contributed by atoms with Gasteiger partial charge in [0.15, 0.2) is 0 Å². The first kappa shape index (κ1) is 14.6. The molecular weight excluding hydrogens is 246 g/mol. The molecule has 0 aromatic heterocycles. The molecule has 0 amide bonds. The molecule has 2 heteroatoms. The van der Waals surface area contributed by atoms with Crippen molar-refractivity contribution in [1.29, 1.82) is 0 Å². The maximum atomic E-state index is 5.95. The summed E-state index contributed by atoms with van der Waals surface area (Å²) in [6.07, 6.45) is 0. The van der Waals surface area contributed by atoms with Crippen molar-refractivity contribution in [3.05, 3.63) is 59.2 Å². The van der Waals surface area contributed by atoms with Crippen molar-refractivity contribution in [1.82, 2.24) is 0 Å². The summed E-state index contributed by atoms with van der Waals surface area (Å²) >= 11 is 0. The number of benzene rings is 2. The van der Waals surface area contributed by atoms with Gasteiger partial charge in [-0.3, -0.25) is 0 Å². The Morgan fingerprint density at radius 3 is 2.30 bits per heavy atom. The highest BCUT2D eigenvalue weighted by Crippen LogP contribution is 2.29. The summed E-state index contributed by atoms with van der Waals surface area (Å²) in [6, 6.07) is 14.3. The summed E-state index contributed by atoms with van der Waals surface area (Å²) in [6.45, 7) is 9.22. The first-order valence-electron chi connectivity index (χ1n) is 6.98. The van der Waals surface area contributed by atoms with Crippen molar-refractivity contribution in [3.63, 3.8) is 0 Å². The van der Waals surface area contributed by atoms with E-state index in [1.165, 1.54) is 5.56 Å². The molecule has 0 unspecified atom stereocenters. The Balaban J connectivity index is 2.24. The van der Waals surface area contributed by atoms with Gasteiger partial charge < -0.3 is 10.5 Å². The van der Waals surface area contributed by atoms with Crippen LogP contribution in [0.2, 0.25) is 0 Å². The van der Waals surface area contributed by atoms with Crippen molar-refractivity contribution in [2.75, 3.05) is 0 Å². The molecule has 2 rings (SSSR count). The fourth-order valence-corrected chi connectivity index (χ4v) is 2.12. The minimum atomic E-state index is 0.124. The lowest BCUT2D eigenvalue weighted by atomic mass is 9.87. The van der Waals surface area contributed by atoms with Gasteiger partial charge in [0.25, 0.3) is 0 Å². The summed E-state index contributed by atoms with van der Waals surface area (Å²) in [4.78, 5) is 0. The summed E-state index contributed by atoms with van der Waals surface area (Å²) in [5.41, 5.74) is 9.39. The molecule has 0 spiro atoms. The molecule has 0 atom stereocenters. The maximum absolute atomic E-state index is 5.95. The van der Waals surface area contributed by atoms with Gasteiger partial charge in [-0.2, -0.15) is 0 Å². The molecule has 106 valence electrons. The van der Waals surface area contributed by atoms with Crippen molar-refractivity contribution < 1.29 is 4.74 Å². The van der Waals surface area contributed by atoms with E-state index in [0.717, 1.165) is 22.6 Å². The maximum Gasteiger partial charge on any atom is 0.127 e. The molecule has 0 saturated heterocycles. The monoisotopic (exact) mass is 269 g/mol. The lowest BCUT2D eigenvalue weighted by Crippen LogP contribution is -2.10. The van der Waals surface area contributed by atoms with E-state index < -0.39 is 0 Å². The van der Waals surface area contributed by atoms with Crippen LogP contribution in [0.5, 0.6) is 11.5 Å². The van der Waals surface area contributed by atoms with Crippen LogP contribution >= 0.6 is 0 Å². The van der Waals surface area contributed by atoms with Gasteiger partial charge >= 0.3 is 0 Å². The topological polar surface area (TPSA) is 35.2 Å². The Bertz CT molecular complexity index is 597. The second-order valence-electron chi connectivity index (χ2n) is 6.17. The minimum absolute atomic E-state index is 0.124. The van der Waals surface area contributed by atoms with Crippen LogP contribution in [0.1, 0.15) is 37.5 Å². The van der Waals surface area contributed by atoms with Gasteiger partial charge in [0, 0.05) is 6.54 Å². The Labute approximate surface area is 121 Å². The summed E-state index contributed by atoms with van der Waals surface area (Å²) in [7, 11) is 0. The van der Waals surface area contributed by atoms with E-state index in [9.17, 15) is 0 Å². The Morgan fingerprint density at radius 1 is 1.00 bits per heavy atom. The van der Waals surface area contributed by atoms with E-state index in [1.54, 1.807) is 0 Å². The molecule has 2 aromatic rings. The Kier molecular flexibility index (Phi) is 4.15. The number of hydrogen-bond donors (Lipinski definition) is 1. The number of nitrogens with two attached hydrogens (primary N) is 1. The smallest absolute Gasteiger partial charge is 0.127 e. The minimum Gasteiger partial charge on any atom is -0.457 e. The molecule has 2 aromatic carbocycles. The second kappa shape index (κ2) is 5.68. The van der Waals surface area contributed by atoms with Gasteiger partial charge in [-0.25, -0.2) is 0 Å². The number of aryl methyl sites for hydroxylation is 1. The molecule has 0 aliphatic carbocycles. The normalized spacial score (nSPS) is 11.4. The van der Waals surface area contributed by atoms with Crippen LogP contribution in [-0.4, -0.2) is 0 Å². The van der Waals surface area contributed by atoms with Gasteiger partial charge in [0.2, 0.25) is 0 Å². The lowest BCUT2D eigenvalue weighted by Gasteiger charge is -2.19. The highest BCUT2D eigenvalue weighted by atomic mass is 16.5. The van der Waals surface area contributed by atoms with Crippen molar-refractivity contribution >= 4 is 0 Å². The van der Waals surface area contributed by atoms with Crippen LogP contribution in [-0.2, 0) is 12.0 Å². The van der Waals surface area contributed by atoms with E-state index in [4.69, 9.17) is 10.5 Å². The average molecular weight is 269 g/mol. The second-order valence-corrected chi connectivity index (χ2v) is 6.17. The molecule has 2 nitrogen and oxygen atoms in total. The van der Waals surface area contributed by atoms with E-state index >= 15 is 0 Å². The molecule has 0 bridgehead atoms. The van der Waals surface area contributed by atoms with E-state index in [-0.39, 0.29) is 5.41 Å². The largest absolute Gasteiger partial charge is 0.457 e. The SMILES string of the molecule is Cc1cc(Oc2cccc(C(C)(C)C)c2)ccc1CN. The molecular formula is C18H23NO. The van der Waals surface area contributed by atoms with Crippen molar-refractivity contribution in [2.45, 2.75) is 39.7 Å². The first-order chi connectivity index (χ1) is 9.40. The summed E-state index contributed by atoms with van der Waals surface area (Å²) in [5, 5.41) is 0. The average Bonchev–Trinajstić information content (AvgIpc) is 2.38. The van der Waals surface area contributed by atoms with Crippen LogP contribution in [0.15, 0.2) is 42.5 Å². The van der Waals surface area contributed by atoms with Crippen LogP contribution < -0.4 is 10.5 Å². The van der Waals surface area contributed by atoms with Gasteiger partial charge in [0.1, 0.15) is 11.5 Å². The predicted octanol–water partition coefficient (Wildman–Crippen LogP) is 4.54. The zero-order chi connectivity index (χ0) is 14.8. The van der Waals surface area contributed by atoms with Crippen LogP contribution in [0.4, 0.5) is 0 Å². The third kappa shape index (κ3) is 3.40. The number of hydrogen-bond acceptors (Lipinski definition) is 2. The van der Waals surface area contributed by atoms with Crippen molar-refractivity contribution in [3.8, 4) is 11.5 Å². The molecule has 0 aliphatic rings. The number of rotatable bonds is 3. The zero-order valence-electron chi connectivity index (χ0n) is 12.7. The van der Waals surface area contributed by atoms with Crippen LogP contribution in [0, 0.1) is 6.92 Å². The van der Waals surface area contributed by atoms with E-state index in [2.05, 4.69) is 39.8 Å². The third-order valence-corrected chi connectivity index (χ3v) is 3.47. The molecule has 0 heterocycles. The fraction of sp³-hybridized carbons (Fsp3) is 0.333. The van der Waals surface area contributed by atoms with E-state index in [0.29, 0.717) is 6.54 Å². The predicted molar refractivity (Wildman–Crippen MR) is 84.3 cm³/mol. The quantitative estimate of drug-likeness (QED) is 0.887. The van der Waals surface area contributed by atoms with Gasteiger partial charge in [-0.1, -0.05) is 39.0 Å². The Morgan fingerprint density at radius 2 is 1.70 bits per heavy atom. The Hall–Kier alpha value is -1.80. The molecule has 2 N–H and O–H groups in total. The van der Waals surface area contributed by atoms with E-state index in [1.807, 2.05) is 30.3 Å². The van der Waals surface area contributed by atoms with Gasteiger partial charge in [-0.05, 0) is 53.3 Å². The zero-order valence-corrected chi connectivity index (χ0v) is 12.7. The van der Waals surface area contributed by atoms with Gasteiger partial charge in [-0.15, -0.1) is 0 Å². The number of ether oxygens (including phenoxy) is 1. The highest BCUT2D eigenvalue weighted by molar-refractivity contribution is 5.39. The standard InChI is InChI=1S/C18H23NO/c1-13-10-17(9-8-14(13)12-19)20-16-7-5-6-15(11-16)18(2,3)4/h5-11H,12,19H2,1-4H3. The molecule has 20 heavy (non-hydrogen) atoms.